The molecular formula is C20H14BrN. The largest absolute Gasteiger partial charge is 0.398 e. The zero-order chi connectivity index (χ0) is 14.8. The molecule has 3 aliphatic carbocycles. The van der Waals surface area contributed by atoms with Crippen molar-refractivity contribution in [3.63, 3.8) is 0 Å². The van der Waals surface area contributed by atoms with Gasteiger partial charge in [0.15, 0.2) is 0 Å². The molecule has 0 saturated carbocycles. The van der Waals surface area contributed by atoms with Crippen molar-refractivity contribution >= 4 is 21.6 Å². The predicted molar refractivity (Wildman–Crippen MR) is 93.3 cm³/mol. The van der Waals surface area contributed by atoms with Gasteiger partial charge in [0.25, 0.3) is 0 Å². The van der Waals surface area contributed by atoms with E-state index in [2.05, 4.69) is 76.6 Å². The van der Waals surface area contributed by atoms with Crippen molar-refractivity contribution in [2.45, 2.75) is 11.8 Å². The van der Waals surface area contributed by atoms with Gasteiger partial charge in [0, 0.05) is 22.0 Å². The van der Waals surface area contributed by atoms with Crippen molar-refractivity contribution in [1.82, 2.24) is 0 Å². The van der Waals surface area contributed by atoms with Crippen molar-refractivity contribution in [3.8, 4) is 0 Å². The molecule has 3 aromatic carbocycles. The molecule has 0 atom stereocenters. The molecule has 22 heavy (non-hydrogen) atoms. The molecule has 0 fully saturated rings. The van der Waals surface area contributed by atoms with E-state index in [9.17, 15) is 0 Å². The quantitative estimate of drug-likeness (QED) is 0.391. The first kappa shape index (κ1) is 12.5. The topological polar surface area (TPSA) is 26.0 Å². The van der Waals surface area contributed by atoms with E-state index in [1.807, 2.05) is 0 Å². The lowest BCUT2D eigenvalue weighted by molar-refractivity contribution is 0.754. The van der Waals surface area contributed by atoms with E-state index < -0.39 is 0 Å². The summed E-state index contributed by atoms with van der Waals surface area (Å²) in [5.41, 5.74) is 15.5. The number of rotatable bonds is 0. The second-order valence-corrected chi connectivity index (χ2v) is 6.98. The van der Waals surface area contributed by atoms with Crippen molar-refractivity contribution < 1.29 is 0 Å². The van der Waals surface area contributed by atoms with Gasteiger partial charge in [-0.2, -0.15) is 0 Å². The van der Waals surface area contributed by atoms with Gasteiger partial charge in [-0.25, -0.2) is 0 Å². The minimum Gasteiger partial charge on any atom is -0.398 e. The van der Waals surface area contributed by atoms with Gasteiger partial charge in [0.2, 0.25) is 0 Å². The zero-order valence-electron chi connectivity index (χ0n) is 11.9. The SMILES string of the molecule is Nc1cc2c(cc1Br)C1c3ccccc3C2c2ccccc21. The van der Waals surface area contributed by atoms with Crippen LogP contribution in [-0.2, 0) is 0 Å². The van der Waals surface area contributed by atoms with Crippen molar-refractivity contribution in [2.75, 3.05) is 5.73 Å². The normalized spacial score (nSPS) is 20.2. The fraction of sp³-hybridized carbons (Fsp3) is 0.100. The molecule has 1 nitrogen and oxygen atoms in total. The van der Waals surface area contributed by atoms with Crippen molar-refractivity contribution in [2.24, 2.45) is 0 Å². The maximum Gasteiger partial charge on any atom is 0.0461 e. The monoisotopic (exact) mass is 347 g/mol. The van der Waals surface area contributed by atoms with Crippen LogP contribution in [0, 0.1) is 0 Å². The van der Waals surface area contributed by atoms with Crippen LogP contribution in [0.2, 0.25) is 0 Å². The number of anilines is 1. The van der Waals surface area contributed by atoms with Crippen LogP contribution in [0.4, 0.5) is 5.69 Å². The highest BCUT2D eigenvalue weighted by Crippen LogP contribution is 2.56. The average Bonchev–Trinajstić information content (AvgIpc) is 2.55. The number of benzene rings is 3. The van der Waals surface area contributed by atoms with Crippen molar-refractivity contribution in [1.29, 1.82) is 0 Å². The molecule has 0 amide bonds. The molecular weight excluding hydrogens is 334 g/mol. The van der Waals surface area contributed by atoms with Gasteiger partial charge in [0.1, 0.15) is 0 Å². The summed E-state index contributed by atoms with van der Waals surface area (Å²) in [7, 11) is 0. The molecule has 0 heterocycles. The van der Waals surface area contributed by atoms with Crippen LogP contribution in [0.25, 0.3) is 0 Å². The lowest BCUT2D eigenvalue weighted by Gasteiger charge is -2.42. The number of hydrogen-bond donors (Lipinski definition) is 1. The Kier molecular flexibility index (Phi) is 2.40. The van der Waals surface area contributed by atoms with E-state index in [1.54, 1.807) is 0 Å². The average molecular weight is 348 g/mol. The lowest BCUT2D eigenvalue weighted by Crippen LogP contribution is -2.27. The van der Waals surface area contributed by atoms with Gasteiger partial charge in [-0.1, -0.05) is 48.5 Å². The summed E-state index contributed by atoms with van der Waals surface area (Å²) in [5, 5.41) is 0. The van der Waals surface area contributed by atoms with Crippen LogP contribution in [0.5, 0.6) is 0 Å². The number of halogens is 1. The van der Waals surface area contributed by atoms with Crippen LogP contribution in [0.15, 0.2) is 65.1 Å². The van der Waals surface area contributed by atoms with Gasteiger partial charge in [-0.3, -0.25) is 0 Å². The van der Waals surface area contributed by atoms with E-state index in [1.165, 1.54) is 33.4 Å². The zero-order valence-corrected chi connectivity index (χ0v) is 13.5. The summed E-state index contributed by atoms with van der Waals surface area (Å²) >= 11 is 3.60. The van der Waals surface area contributed by atoms with Gasteiger partial charge >= 0.3 is 0 Å². The highest BCUT2D eigenvalue weighted by atomic mass is 79.9. The van der Waals surface area contributed by atoms with Crippen LogP contribution >= 0.6 is 15.9 Å². The maximum atomic E-state index is 6.17. The Bertz CT molecular complexity index is 806. The molecule has 0 radical (unpaired) electrons. The highest BCUT2D eigenvalue weighted by Gasteiger charge is 2.41. The first-order valence-corrected chi connectivity index (χ1v) is 8.31. The number of hydrogen-bond acceptors (Lipinski definition) is 1. The summed E-state index contributed by atoms with van der Waals surface area (Å²) in [6.45, 7) is 0. The molecule has 0 aromatic heterocycles. The molecule has 0 aliphatic heterocycles. The van der Waals surface area contributed by atoms with Gasteiger partial charge < -0.3 is 5.73 Å². The molecule has 6 rings (SSSR count). The summed E-state index contributed by atoms with van der Waals surface area (Å²) in [5.74, 6) is 0.632. The fourth-order valence-corrected chi connectivity index (χ4v) is 4.56. The first-order chi connectivity index (χ1) is 10.8. The van der Waals surface area contributed by atoms with Gasteiger partial charge in [-0.15, -0.1) is 0 Å². The summed E-state index contributed by atoms with van der Waals surface area (Å²) < 4.78 is 0.994. The molecule has 0 saturated heterocycles. The standard InChI is InChI=1S/C20H14BrN/c21-17-9-15-16(10-18(17)22)20-13-7-3-1-5-11(13)19(15)12-6-2-4-8-14(12)20/h1-10,19-20H,22H2. The van der Waals surface area contributed by atoms with Crippen LogP contribution in [0.1, 0.15) is 45.2 Å². The smallest absolute Gasteiger partial charge is 0.0461 e. The van der Waals surface area contributed by atoms with E-state index in [0.717, 1.165) is 10.2 Å². The third-order valence-electron chi connectivity index (χ3n) is 5.06. The summed E-state index contributed by atoms with van der Waals surface area (Å²) in [6, 6.07) is 22.0. The molecule has 2 N–H and O–H groups in total. The summed E-state index contributed by atoms with van der Waals surface area (Å²) in [4.78, 5) is 0. The maximum absolute atomic E-state index is 6.17. The predicted octanol–water partition coefficient (Wildman–Crippen LogP) is 5.02. The Balaban J connectivity index is 1.91. The first-order valence-electron chi connectivity index (χ1n) is 7.52. The minimum atomic E-state index is 0.308. The number of nitrogen functional groups attached to an aromatic ring is 1. The summed E-state index contributed by atoms with van der Waals surface area (Å²) in [6.07, 6.45) is 0. The van der Waals surface area contributed by atoms with Crippen molar-refractivity contribution in [3.05, 3.63) is 98.5 Å². The van der Waals surface area contributed by atoms with E-state index in [0.29, 0.717) is 11.8 Å². The Labute approximate surface area is 137 Å². The Morgan fingerprint density at radius 3 is 1.50 bits per heavy atom. The molecule has 2 heteroatoms. The third kappa shape index (κ3) is 1.43. The lowest BCUT2D eigenvalue weighted by atomic mass is 9.61. The van der Waals surface area contributed by atoms with Gasteiger partial charge in [0.05, 0.1) is 0 Å². The van der Waals surface area contributed by atoms with Crippen LogP contribution in [-0.4, -0.2) is 0 Å². The van der Waals surface area contributed by atoms with E-state index in [4.69, 9.17) is 5.73 Å². The second-order valence-electron chi connectivity index (χ2n) is 6.13. The second kappa shape index (κ2) is 4.23. The molecule has 0 unspecified atom stereocenters. The van der Waals surface area contributed by atoms with Gasteiger partial charge in [-0.05, 0) is 61.4 Å². The molecule has 3 aliphatic rings. The Morgan fingerprint density at radius 1 is 0.636 bits per heavy atom. The van der Waals surface area contributed by atoms with E-state index >= 15 is 0 Å². The molecule has 0 spiro atoms. The highest BCUT2D eigenvalue weighted by molar-refractivity contribution is 9.10. The minimum absolute atomic E-state index is 0.308. The fourth-order valence-electron chi connectivity index (χ4n) is 4.20. The Morgan fingerprint density at radius 2 is 1.05 bits per heavy atom. The molecule has 106 valence electrons. The molecule has 3 aromatic rings. The van der Waals surface area contributed by atoms with Crippen LogP contribution in [0.3, 0.4) is 0 Å². The molecule has 2 bridgehead atoms. The third-order valence-corrected chi connectivity index (χ3v) is 5.75. The van der Waals surface area contributed by atoms with Crippen LogP contribution < -0.4 is 5.73 Å². The van der Waals surface area contributed by atoms with E-state index in [-0.39, 0.29) is 0 Å². The number of nitrogens with two attached hydrogens (primary N) is 1. The Hall–Kier alpha value is -2.06.